The van der Waals surface area contributed by atoms with Gasteiger partial charge < -0.3 is 14.2 Å². The van der Waals surface area contributed by atoms with Crippen molar-refractivity contribution in [1.29, 1.82) is 0 Å². The molecule has 0 unspecified atom stereocenters. The molecule has 2 aromatic heterocycles. The third-order valence-corrected chi connectivity index (χ3v) is 5.52. The van der Waals surface area contributed by atoms with E-state index in [4.69, 9.17) is 14.2 Å². The van der Waals surface area contributed by atoms with Crippen molar-refractivity contribution in [3.8, 4) is 17.2 Å². The Morgan fingerprint density at radius 3 is 2.89 bits per heavy atom. The van der Waals surface area contributed by atoms with Crippen molar-refractivity contribution < 1.29 is 19.0 Å². The van der Waals surface area contributed by atoms with Gasteiger partial charge in [-0.3, -0.25) is 4.79 Å². The first-order chi connectivity index (χ1) is 17.1. The van der Waals surface area contributed by atoms with E-state index < -0.39 is 0 Å². The van der Waals surface area contributed by atoms with Crippen LogP contribution in [0, 0.1) is 0 Å². The van der Waals surface area contributed by atoms with E-state index in [1.165, 1.54) is 11.8 Å². The summed E-state index contributed by atoms with van der Waals surface area (Å²) >= 11 is 1.23. The Morgan fingerprint density at radius 1 is 1.17 bits per heavy atom. The number of aromatic nitrogens is 5. The van der Waals surface area contributed by atoms with Crippen LogP contribution in [0.25, 0.3) is 0 Å². The maximum Gasteiger partial charge on any atom is 0.240 e. The van der Waals surface area contributed by atoms with Gasteiger partial charge in [0.25, 0.3) is 0 Å². The topological polar surface area (TPSA) is 129 Å². The molecule has 0 aliphatic carbocycles. The molecule has 0 atom stereocenters. The zero-order chi connectivity index (χ0) is 24.5. The normalized spacial score (nSPS) is 10.9. The van der Waals surface area contributed by atoms with Crippen LogP contribution in [0.2, 0.25) is 0 Å². The van der Waals surface area contributed by atoms with E-state index in [1.807, 2.05) is 18.3 Å². The van der Waals surface area contributed by atoms with Crippen molar-refractivity contribution in [2.24, 2.45) is 5.10 Å². The van der Waals surface area contributed by atoms with Gasteiger partial charge in [0.1, 0.15) is 5.75 Å². The lowest BCUT2D eigenvalue weighted by Gasteiger charge is -2.11. The van der Waals surface area contributed by atoms with Crippen molar-refractivity contribution in [1.82, 2.24) is 25.0 Å². The molecule has 4 rings (SSSR count). The van der Waals surface area contributed by atoms with Crippen LogP contribution in [-0.2, 0) is 6.73 Å². The molecule has 11 nitrogen and oxygen atoms in total. The lowest BCUT2D eigenvalue weighted by molar-refractivity contribution is 0.102. The second-order valence-electron chi connectivity index (χ2n) is 7.01. The van der Waals surface area contributed by atoms with Gasteiger partial charge in [0, 0.05) is 18.0 Å². The Labute approximate surface area is 205 Å². The second-order valence-corrected chi connectivity index (χ2v) is 7.95. The largest absolute Gasteiger partial charge is 0.497 e. The highest BCUT2D eigenvalue weighted by Gasteiger charge is 2.11. The van der Waals surface area contributed by atoms with Crippen LogP contribution < -0.4 is 19.6 Å². The lowest BCUT2D eigenvalue weighted by atomic mass is 10.1. The number of anilines is 1. The number of aromatic amines is 1. The molecule has 0 radical (unpaired) electrons. The van der Waals surface area contributed by atoms with Crippen LogP contribution in [0.1, 0.15) is 15.9 Å². The number of H-pyrrole nitrogens is 1. The average molecular weight is 494 g/mol. The third-order valence-electron chi connectivity index (χ3n) is 4.67. The van der Waals surface area contributed by atoms with Gasteiger partial charge in [0.05, 0.1) is 26.2 Å². The summed E-state index contributed by atoms with van der Waals surface area (Å²) in [6.07, 6.45) is 5.11. The number of rotatable bonds is 12. The predicted molar refractivity (Wildman–Crippen MR) is 131 cm³/mol. The molecule has 0 aliphatic heterocycles. The maximum absolute atomic E-state index is 12.4. The van der Waals surface area contributed by atoms with Gasteiger partial charge in [0.15, 0.2) is 24.0 Å². The summed E-state index contributed by atoms with van der Waals surface area (Å²) in [7, 11) is 3.13. The number of thioether (sulfide) groups is 1. The number of methoxy groups -OCH3 is 2. The fourth-order valence-corrected chi connectivity index (χ4v) is 3.63. The first kappa shape index (κ1) is 23.8. The van der Waals surface area contributed by atoms with Crippen LogP contribution in [0.5, 0.6) is 17.2 Å². The molecular formula is C23H23N7O4S. The van der Waals surface area contributed by atoms with E-state index in [-0.39, 0.29) is 18.3 Å². The van der Waals surface area contributed by atoms with Gasteiger partial charge in [-0.15, -0.1) is 5.10 Å². The molecule has 0 bridgehead atoms. The SMILES string of the molecule is COc1cccc(C(=O)CSc2n[nH]c(N/N=C/c3ccc(OCn4cccn4)c(OC)c3)n2)c1. The van der Waals surface area contributed by atoms with Gasteiger partial charge in [-0.1, -0.05) is 23.9 Å². The Bertz CT molecular complexity index is 1290. The van der Waals surface area contributed by atoms with Crippen LogP contribution in [0.3, 0.4) is 0 Å². The van der Waals surface area contributed by atoms with E-state index in [2.05, 4.69) is 30.8 Å². The number of nitrogens with one attached hydrogen (secondary N) is 2. The Hall–Kier alpha value is -4.32. The summed E-state index contributed by atoms with van der Waals surface area (Å²) in [5.74, 6) is 2.30. The maximum atomic E-state index is 12.4. The van der Waals surface area contributed by atoms with Gasteiger partial charge in [-0.25, -0.2) is 15.2 Å². The molecule has 0 fully saturated rings. The molecular weight excluding hydrogens is 470 g/mol. The zero-order valence-electron chi connectivity index (χ0n) is 19.0. The number of ketones is 1. The van der Waals surface area contributed by atoms with Crippen molar-refractivity contribution >= 4 is 29.7 Å². The molecule has 35 heavy (non-hydrogen) atoms. The number of benzene rings is 2. The molecule has 0 spiro atoms. The van der Waals surface area contributed by atoms with E-state index in [9.17, 15) is 4.79 Å². The van der Waals surface area contributed by atoms with Crippen LogP contribution in [0.15, 0.2) is 71.2 Å². The van der Waals surface area contributed by atoms with Crippen molar-refractivity contribution in [2.75, 3.05) is 25.4 Å². The number of nitrogens with zero attached hydrogens (tertiary/aromatic N) is 5. The van der Waals surface area contributed by atoms with E-state index in [0.717, 1.165) is 5.56 Å². The molecule has 2 heterocycles. The van der Waals surface area contributed by atoms with E-state index in [1.54, 1.807) is 67.7 Å². The first-order valence-corrected chi connectivity index (χ1v) is 11.4. The molecule has 2 aromatic carbocycles. The minimum Gasteiger partial charge on any atom is -0.497 e. The second kappa shape index (κ2) is 11.7. The molecule has 2 N–H and O–H groups in total. The van der Waals surface area contributed by atoms with Crippen LogP contribution >= 0.6 is 11.8 Å². The quantitative estimate of drug-likeness (QED) is 0.132. The minimum atomic E-state index is -0.0442. The summed E-state index contributed by atoms with van der Waals surface area (Å²) in [5.41, 5.74) is 4.15. The fraction of sp³-hybridized carbons (Fsp3) is 0.174. The molecule has 180 valence electrons. The third kappa shape index (κ3) is 6.60. The summed E-state index contributed by atoms with van der Waals surface area (Å²) in [4.78, 5) is 16.7. The number of ether oxygens (including phenoxy) is 3. The molecule has 4 aromatic rings. The Morgan fingerprint density at radius 2 is 2.09 bits per heavy atom. The summed E-state index contributed by atoms with van der Waals surface area (Å²) in [6.45, 7) is 0.273. The Balaban J connectivity index is 1.28. The van der Waals surface area contributed by atoms with E-state index >= 15 is 0 Å². The highest BCUT2D eigenvalue weighted by atomic mass is 32.2. The lowest BCUT2D eigenvalue weighted by Crippen LogP contribution is -2.06. The predicted octanol–water partition coefficient (Wildman–Crippen LogP) is 3.48. The minimum absolute atomic E-state index is 0.0442. The summed E-state index contributed by atoms with van der Waals surface area (Å²) < 4.78 is 18.0. The fourth-order valence-electron chi connectivity index (χ4n) is 2.94. The molecule has 12 heteroatoms. The zero-order valence-corrected chi connectivity index (χ0v) is 19.9. The first-order valence-electron chi connectivity index (χ1n) is 10.4. The molecule has 0 saturated heterocycles. The van der Waals surface area contributed by atoms with Gasteiger partial charge >= 0.3 is 0 Å². The van der Waals surface area contributed by atoms with Gasteiger partial charge in [-0.2, -0.15) is 15.2 Å². The highest BCUT2D eigenvalue weighted by molar-refractivity contribution is 7.99. The van der Waals surface area contributed by atoms with Crippen LogP contribution in [0.4, 0.5) is 5.95 Å². The van der Waals surface area contributed by atoms with Gasteiger partial charge in [-0.05, 0) is 42.0 Å². The monoisotopic (exact) mass is 493 g/mol. The molecule has 0 aliphatic rings. The summed E-state index contributed by atoms with van der Waals surface area (Å²) in [5, 5.41) is 15.5. The standard InChI is InChI=1S/C23H23N7O4S/c1-32-18-6-3-5-17(12-18)19(31)14-35-23-26-22(28-29-23)27-24-13-16-7-8-20(21(11-16)33-2)34-15-30-10-4-9-25-30/h3-13H,14-15H2,1-2H3,(H2,26,27,28,29)/b24-13+. The summed E-state index contributed by atoms with van der Waals surface area (Å²) in [6, 6.07) is 14.3. The average Bonchev–Trinajstić information content (AvgIpc) is 3.58. The molecule has 0 amide bonds. The van der Waals surface area contributed by atoms with Gasteiger partial charge in [0.2, 0.25) is 11.1 Å². The number of hydrogen-bond acceptors (Lipinski definition) is 10. The van der Waals surface area contributed by atoms with Crippen molar-refractivity contribution in [3.63, 3.8) is 0 Å². The van der Waals surface area contributed by atoms with E-state index in [0.29, 0.717) is 33.9 Å². The smallest absolute Gasteiger partial charge is 0.240 e. The van der Waals surface area contributed by atoms with Crippen molar-refractivity contribution in [3.05, 3.63) is 72.1 Å². The highest BCUT2D eigenvalue weighted by Crippen LogP contribution is 2.28. The number of carbonyl (C=O) groups excluding carboxylic acids is 1. The van der Waals surface area contributed by atoms with Crippen molar-refractivity contribution in [2.45, 2.75) is 11.9 Å². The Kier molecular flexibility index (Phi) is 7.96. The number of Topliss-reactive ketones (excluding diaryl/α,β-unsaturated/α-hetero) is 1. The molecule has 0 saturated carbocycles. The number of hydrogen-bond donors (Lipinski definition) is 2. The van der Waals surface area contributed by atoms with Crippen LogP contribution in [-0.4, -0.2) is 56.9 Å². The number of carbonyl (C=O) groups is 1. The number of hydrazone groups is 1.